The van der Waals surface area contributed by atoms with E-state index in [1.807, 2.05) is 31.2 Å². The molecule has 1 nitrogen and oxygen atoms in total. The molecule has 0 aliphatic heterocycles. The number of para-hydroxylation sites is 1. The molecule has 2 aromatic carbocycles. The van der Waals surface area contributed by atoms with Gasteiger partial charge in [-0.2, -0.15) is 0 Å². The fraction of sp³-hybridized carbons (Fsp3) is 0.0769. The van der Waals surface area contributed by atoms with Gasteiger partial charge in [-0.05, 0) is 24.6 Å². The van der Waals surface area contributed by atoms with Gasteiger partial charge in [-0.3, -0.25) is 0 Å². The molecule has 0 aliphatic rings. The number of aromatic amines is 1. The predicted molar refractivity (Wildman–Crippen MR) is 60.5 cm³/mol. The second-order valence-corrected chi connectivity index (χ2v) is 3.84. The Kier molecular flexibility index (Phi) is 1.60. The maximum atomic E-state index is 13.5. The van der Waals surface area contributed by atoms with Gasteiger partial charge in [0.05, 0.1) is 5.52 Å². The van der Waals surface area contributed by atoms with Crippen molar-refractivity contribution in [3.8, 4) is 0 Å². The highest BCUT2D eigenvalue weighted by Crippen LogP contribution is 2.27. The Morgan fingerprint density at radius 1 is 1.07 bits per heavy atom. The third-order valence-electron chi connectivity index (χ3n) is 2.74. The molecule has 0 bridgehead atoms. The third-order valence-corrected chi connectivity index (χ3v) is 2.74. The van der Waals surface area contributed by atoms with Gasteiger partial charge in [0.15, 0.2) is 0 Å². The first-order valence-corrected chi connectivity index (χ1v) is 4.92. The summed E-state index contributed by atoms with van der Waals surface area (Å²) in [5, 5.41) is 2.03. The topological polar surface area (TPSA) is 15.8 Å². The van der Waals surface area contributed by atoms with Crippen LogP contribution in [0.5, 0.6) is 0 Å². The number of halogens is 1. The van der Waals surface area contributed by atoms with Crippen LogP contribution in [-0.2, 0) is 0 Å². The number of rotatable bonds is 0. The van der Waals surface area contributed by atoms with Crippen LogP contribution in [0.25, 0.3) is 21.8 Å². The van der Waals surface area contributed by atoms with E-state index in [1.165, 1.54) is 11.6 Å². The van der Waals surface area contributed by atoms with Crippen molar-refractivity contribution >= 4 is 21.8 Å². The Morgan fingerprint density at radius 3 is 2.80 bits per heavy atom. The number of H-pyrrole nitrogens is 1. The number of aryl methyl sites for hydroxylation is 1. The Morgan fingerprint density at radius 2 is 1.93 bits per heavy atom. The van der Waals surface area contributed by atoms with E-state index in [0.717, 1.165) is 16.3 Å². The molecule has 0 saturated heterocycles. The molecule has 3 rings (SSSR count). The molecule has 15 heavy (non-hydrogen) atoms. The van der Waals surface area contributed by atoms with Crippen LogP contribution >= 0.6 is 0 Å². The minimum absolute atomic E-state index is 0.193. The van der Waals surface area contributed by atoms with Gasteiger partial charge >= 0.3 is 0 Å². The van der Waals surface area contributed by atoms with Crippen LogP contribution in [0, 0.1) is 12.7 Å². The first-order chi connectivity index (χ1) is 7.25. The molecule has 74 valence electrons. The molecule has 0 spiro atoms. The van der Waals surface area contributed by atoms with E-state index in [0.29, 0.717) is 5.52 Å². The predicted octanol–water partition coefficient (Wildman–Crippen LogP) is 3.77. The number of aromatic nitrogens is 1. The van der Waals surface area contributed by atoms with Crippen LogP contribution in [0.3, 0.4) is 0 Å². The lowest BCUT2D eigenvalue weighted by Gasteiger charge is -1.92. The summed E-state index contributed by atoms with van der Waals surface area (Å²) in [6, 6.07) is 11.3. The fourth-order valence-corrected chi connectivity index (χ4v) is 2.01. The van der Waals surface area contributed by atoms with Crippen molar-refractivity contribution in [2.45, 2.75) is 6.92 Å². The summed E-state index contributed by atoms with van der Waals surface area (Å²) < 4.78 is 13.5. The van der Waals surface area contributed by atoms with Gasteiger partial charge in [-0.15, -0.1) is 0 Å². The lowest BCUT2D eigenvalue weighted by atomic mass is 10.1. The van der Waals surface area contributed by atoms with Crippen LogP contribution < -0.4 is 0 Å². The molecule has 0 aliphatic carbocycles. The first-order valence-electron chi connectivity index (χ1n) is 4.92. The van der Waals surface area contributed by atoms with Crippen molar-refractivity contribution in [3.63, 3.8) is 0 Å². The van der Waals surface area contributed by atoms with Crippen molar-refractivity contribution in [3.05, 3.63) is 47.8 Å². The van der Waals surface area contributed by atoms with Crippen LogP contribution in [0.1, 0.15) is 5.56 Å². The molecule has 2 heteroatoms. The maximum absolute atomic E-state index is 13.5. The van der Waals surface area contributed by atoms with Gasteiger partial charge in [0.2, 0.25) is 0 Å². The van der Waals surface area contributed by atoms with E-state index in [-0.39, 0.29) is 5.82 Å². The number of nitrogens with one attached hydrogen (secondary N) is 1. The summed E-state index contributed by atoms with van der Waals surface area (Å²) in [4.78, 5) is 3.11. The Labute approximate surface area is 86.5 Å². The number of hydrogen-bond donors (Lipinski definition) is 1. The molecule has 0 atom stereocenters. The average Bonchev–Trinajstić information content (AvgIpc) is 2.57. The van der Waals surface area contributed by atoms with E-state index < -0.39 is 0 Å². The van der Waals surface area contributed by atoms with E-state index in [1.54, 1.807) is 6.07 Å². The van der Waals surface area contributed by atoms with Crippen LogP contribution in [0.15, 0.2) is 36.4 Å². The van der Waals surface area contributed by atoms with Gasteiger partial charge in [-0.25, -0.2) is 4.39 Å². The quantitative estimate of drug-likeness (QED) is 0.567. The number of benzene rings is 2. The normalized spacial score (nSPS) is 11.3. The molecule has 0 fully saturated rings. The molecular weight excluding hydrogens is 189 g/mol. The molecule has 1 heterocycles. The molecule has 0 radical (unpaired) electrons. The molecule has 0 amide bonds. The molecule has 1 N–H and O–H groups in total. The highest BCUT2D eigenvalue weighted by Gasteiger charge is 2.06. The summed E-state index contributed by atoms with van der Waals surface area (Å²) in [6.07, 6.45) is 0. The highest BCUT2D eigenvalue weighted by atomic mass is 19.1. The van der Waals surface area contributed by atoms with Crippen molar-refractivity contribution in [1.82, 2.24) is 4.98 Å². The summed E-state index contributed by atoms with van der Waals surface area (Å²) >= 11 is 0. The molecule has 1 aromatic heterocycles. The fourth-order valence-electron chi connectivity index (χ4n) is 2.01. The largest absolute Gasteiger partial charge is 0.352 e. The summed E-state index contributed by atoms with van der Waals surface area (Å²) in [5.41, 5.74) is 2.77. The lowest BCUT2D eigenvalue weighted by molar-refractivity contribution is 0.637. The monoisotopic (exact) mass is 199 g/mol. The van der Waals surface area contributed by atoms with E-state index in [9.17, 15) is 4.39 Å². The Balaban J connectivity index is 2.57. The number of hydrogen-bond acceptors (Lipinski definition) is 0. The Hall–Kier alpha value is -1.83. The van der Waals surface area contributed by atoms with E-state index >= 15 is 0 Å². The van der Waals surface area contributed by atoms with Crippen LogP contribution in [-0.4, -0.2) is 4.98 Å². The zero-order valence-electron chi connectivity index (χ0n) is 8.34. The standard InChI is InChI=1S/C13H10FN/c1-8-5-6-9-10-3-2-4-11(14)13(10)15-12(9)7-8/h2-7,15H,1H3. The van der Waals surface area contributed by atoms with Crippen LogP contribution in [0.4, 0.5) is 4.39 Å². The second-order valence-electron chi connectivity index (χ2n) is 3.84. The van der Waals surface area contributed by atoms with Gasteiger partial charge in [0, 0.05) is 16.3 Å². The minimum atomic E-state index is -0.193. The number of fused-ring (bicyclic) bond motifs is 3. The zero-order valence-corrected chi connectivity index (χ0v) is 8.34. The van der Waals surface area contributed by atoms with Crippen molar-refractivity contribution in [1.29, 1.82) is 0 Å². The summed E-state index contributed by atoms with van der Waals surface area (Å²) in [5.74, 6) is -0.193. The van der Waals surface area contributed by atoms with E-state index in [4.69, 9.17) is 0 Å². The van der Waals surface area contributed by atoms with Gasteiger partial charge in [-0.1, -0.05) is 24.3 Å². The summed E-state index contributed by atoms with van der Waals surface area (Å²) in [6.45, 7) is 2.03. The molecule has 0 saturated carbocycles. The minimum Gasteiger partial charge on any atom is -0.352 e. The van der Waals surface area contributed by atoms with E-state index in [2.05, 4.69) is 4.98 Å². The SMILES string of the molecule is Cc1ccc2c(c1)[nH]c1c(F)cccc12. The van der Waals surface area contributed by atoms with Crippen molar-refractivity contribution < 1.29 is 4.39 Å². The van der Waals surface area contributed by atoms with Crippen molar-refractivity contribution in [2.75, 3.05) is 0 Å². The maximum Gasteiger partial charge on any atom is 0.147 e. The molecule has 0 unspecified atom stereocenters. The smallest absolute Gasteiger partial charge is 0.147 e. The third kappa shape index (κ3) is 1.14. The summed E-state index contributed by atoms with van der Waals surface area (Å²) in [7, 11) is 0. The van der Waals surface area contributed by atoms with Crippen molar-refractivity contribution in [2.24, 2.45) is 0 Å². The van der Waals surface area contributed by atoms with Crippen LogP contribution in [0.2, 0.25) is 0 Å². The molecule has 3 aromatic rings. The van der Waals surface area contributed by atoms with Gasteiger partial charge in [0.25, 0.3) is 0 Å². The van der Waals surface area contributed by atoms with Gasteiger partial charge in [0.1, 0.15) is 5.82 Å². The molecular formula is C13H10FN. The second kappa shape index (κ2) is 2.83. The first kappa shape index (κ1) is 8.48. The Bertz CT molecular complexity index is 652. The zero-order chi connectivity index (χ0) is 10.4. The highest BCUT2D eigenvalue weighted by molar-refractivity contribution is 6.07. The van der Waals surface area contributed by atoms with Gasteiger partial charge < -0.3 is 4.98 Å². The average molecular weight is 199 g/mol. The lowest BCUT2D eigenvalue weighted by Crippen LogP contribution is -1.74.